The zero-order valence-electron chi connectivity index (χ0n) is 36.8. The van der Waals surface area contributed by atoms with Gasteiger partial charge in [0.2, 0.25) is 0 Å². The van der Waals surface area contributed by atoms with E-state index >= 15 is 0 Å². The Morgan fingerprint density at radius 3 is 0.739 bits per heavy atom. The molecule has 0 N–H and O–H groups in total. The molecule has 0 saturated carbocycles. The van der Waals surface area contributed by atoms with Crippen LogP contribution in [0.15, 0.2) is 252 Å². The van der Waals surface area contributed by atoms with Crippen LogP contribution in [-0.4, -0.2) is 0 Å². The van der Waals surface area contributed by atoms with Crippen LogP contribution in [0.25, 0.3) is 64.6 Å². The van der Waals surface area contributed by atoms with E-state index in [0.717, 1.165) is 74.4 Å². The minimum absolute atomic E-state index is 0.588. The molecule has 0 atom stereocenters. The van der Waals surface area contributed by atoms with Gasteiger partial charge in [0.05, 0.1) is 9.79 Å². The maximum absolute atomic E-state index is 7.12. The second-order valence-electron chi connectivity index (χ2n) is 16.2. The quantitative estimate of drug-likeness (QED) is 0.101. The summed E-state index contributed by atoms with van der Waals surface area (Å²) >= 11 is 1.57. The van der Waals surface area contributed by atoms with Crippen molar-refractivity contribution in [2.24, 2.45) is 0 Å². The lowest BCUT2D eigenvalue weighted by molar-refractivity contribution is 0.388. The number of fused-ring (bicyclic) bond motifs is 6. The lowest BCUT2D eigenvalue weighted by atomic mass is 10.1. The summed E-state index contributed by atoms with van der Waals surface area (Å²) in [7, 11) is -4.21. The second-order valence-corrected chi connectivity index (χ2v) is 19.2. The summed E-state index contributed by atoms with van der Waals surface area (Å²) in [4.78, 5) is 1.72. The summed E-state index contributed by atoms with van der Waals surface area (Å²) in [5.74, 6) is 3.81. The van der Waals surface area contributed by atoms with Crippen LogP contribution in [0.2, 0.25) is 0 Å². The largest absolute Gasteiger partial charge is 0.530 e. The van der Waals surface area contributed by atoms with Crippen molar-refractivity contribution in [3.05, 3.63) is 243 Å². The van der Waals surface area contributed by atoms with Crippen LogP contribution >= 0.6 is 29.0 Å². The molecule has 332 valence electrons. The summed E-state index contributed by atoms with van der Waals surface area (Å²) in [6, 6.07) is 81.6. The van der Waals surface area contributed by atoms with Crippen molar-refractivity contribution in [2.45, 2.75) is 9.79 Å². The third kappa shape index (κ3) is 8.81. The van der Waals surface area contributed by atoms with Crippen LogP contribution in [0.3, 0.4) is 0 Å². The summed E-state index contributed by atoms with van der Waals surface area (Å²) in [6.07, 6.45) is 0. The van der Waals surface area contributed by atoms with Gasteiger partial charge >= 0.3 is 17.2 Å². The van der Waals surface area contributed by atoms with Gasteiger partial charge in [0, 0.05) is 21.5 Å². The third-order valence-electron chi connectivity index (χ3n) is 11.9. The molecule has 0 radical (unpaired) electrons. The van der Waals surface area contributed by atoms with Gasteiger partial charge in [-0.05, 0) is 79.5 Å². The monoisotopic (exact) mass is 950 g/mol. The number of hydrogen-bond donors (Lipinski definition) is 0. The SMILES string of the molecule is c1ccc2c(OP(Oc3ccc4ccccc4c3Sc3c(OP(Oc4cccc5ccccc45)Oc4cccc5ccccc45)ccc4ccccc34)Oc3cccc4ccccc34)cccc2c1. The summed E-state index contributed by atoms with van der Waals surface area (Å²) in [6.45, 7) is 0. The van der Waals surface area contributed by atoms with Gasteiger partial charge in [-0.2, -0.15) is 0 Å². The van der Waals surface area contributed by atoms with Gasteiger partial charge in [0.1, 0.15) is 34.5 Å². The van der Waals surface area contributed by atoms with Crippen LogP contribution in [0.4, 0.5) is 0 Å². The lowest BCUT2D eigenvalue weighted by Crippen LogP contribution is -2.04. The molecule has 9 heteroatoms. The minimum Gasteiger partial charge on any atom is -0.408 e. The number of hydrogen-bond acceptors (Lipinski definition) is 7. The van der Waals surface area contributed by atoms with Gasteiger partial charge in [0.15, 0.2) is 0 Å². The molecule has 0 aliphatic carbocycles. The molecule has 0 spiro atoms. The van der Waals surface area contributed by atoms with E-state index in [9.17, 15) is 0 Å². The van der Waals surface area contributed by atoms with E-state index in [0.29, 0.717) is 34.5 Å². The summed E-state index contributed by atoms with van der Waals surface area (Å²) in [5, 5.41) is 12.1. The van der Waals surface area contributed by atoms with Crippen molar-refractivity contribution in [1.29, 1.82) is 0 Å². The zero-order chi connectivity index (χ0) is 45.9. The molecule has 0 amide bonds. The van der Waals surface area contributed by atoms with Crippen LogP contribution in [-0.2, 0) is 0 Å². The minimum atomic E-state index is -2.11. The fourth-order valence-corrected chi connectivity index (χ4v) is 12.1. The Morgan fingerprint density at radius 2 is 0.435 bits per heavy atom. The molecule has 12 aromatic carbocycles. The fourth-order valence-electron chi connectivity index (χ4n) is 8.60. The van der Waals surface area contributed by atoms with E-state index in [1.807, 2.05) is 133 Å². The van der Waals surface area contributed by atoms with Crippen molar-refractivity contribution in [1.82, 2.24) is 0 Å². The molecule has 0 aliphatic rings. The number of rotatable bonds is 14. The molecule has 69 heavy (non-hydrogen) atoms. The van der Waals surface area contributed by atoms with Gasteiger partial charge in [-0.1, -0.05) is 218 Å². The van der Waals surface area contributed by atoms with Crippen LogP contribution in [0.1, 0.15) is 0 Å². The average Bonchev–Trinajstić information content (AvgIpc) is 3.40. The van der Waals surface area contributed by atoms with Crippen LogP contribution in [0.5, 0.6) is 34.5 Å². The highest BCUT2D eigenvalue weighted by molar-refractivity contribution is 8.00. The van der Waals surface area contributed by atoms with Crippen LogP contribution < -0.4 is 27.1 Å². The predicted molar refractivity (Wildman–Crippen MR) is 285 cm³/mol. The van der Waals surface area contributed by atoms with E-state index in [2.05, 4.69) is 109 Å². The molecular weight excluding hydrogens is 911 g/mol. The summed E-state index contributed by atoms with van der Waals surface area (Å²) < 4.78 is 41.8. The van der Waals surface area contributed by atoms with Gasteiger partial charge in [-0.15, -0.1) is 0 Å². The maximum Gasteiger partial charge on any atom is 0.530 e. The first-order valence-electron chi connectivity index (χ1n) is 22.5. The first kappa shape index (κ1) is 42.6. The maximum atomic E-state index is 7.12. The lowest BCUT2D eigenvalue weighted by Gasteiger charge is -2.23. The highest BCUT2D eigenvalue weighted by Crippen LogP contribution is 2.54. The first-order valence-corrected chi connectivity index (χ1v) is 25.5. The molecule has 0 unspecified atom stereocenters. The fraction of sp³-hybridized carbons (Fsp3) is 0. The van der Waals surface area contributed by atoms with Gasteiger partial charge < -0.3 is 27.1 Å². The Kier molecular flexibility index (Phi) is 11.8. The highest BCUT2D eigenvalue weighted by atomic mass is 32.2. The van der Waals surface area contributed by atoms with Gasteiger partial charge in [-0.3, -0.25) is 0 Å². The molecule has 0 saturated heterocycles. The molecule has 6 nitrogen and oxygen atoms in total. The molecule has 0 bridgehead atoms. The van der Waals surface area contributed by atoms with E-state index < -0.39 is 17.2 Å². The molecule has 0 fully saturated rings. The van der Waals surface area contributed by atoms with E-state index in [1.165, 1.54) is 0 Å². The number of benzene rings is 12. The van der Waals surface area contributed by atoms with Gasteiger partial charge in [-0.25, -0.2) is 0 Å². The third-order valence-corrected chi connectivity index (χ3v) is 15.3. The van der Waals surface area contributed by atoms with Crippen molar-refractivity contribution >= 4 is 93.6 Å². The molecular formula is C60H40O6P2S. The smallest absolute Gasteiger partial charge is 0.408 e. The molecule has 0 aliphatic heterocycles. The predicted octanol–water partition coefficient (Wildman–Crippen LogP) is 18.3. The zero-order valence-corrected chi connectivity index (χ0v) is 39.5. The Balaban J connectivity index is 0.976. The van der Waals surface area contributed by atoms with Crippen molar-refractivity contribution in [3.63, 3.8) is 0 Å². The van der Waals surface area contributed by atoms with Crippen molar-refractivity contribution < 1.29 is 27.1 Å². The highest BCUT2D eigenvalue weighted by Gasteiger charge is 2.28. The van der Waals surface area contributed by atoms with Crippen molar-refractivity contribution in [2.75, 3.05) is 0 Å². The van der Waals surface area contributed by atoms with Crippen LogP contribution in [0, 0.1) is 0 Å². The van der Waals surface area contributed by atoms with Gasteiger partial charge in [0.25, 0.3) is 0 Å². The Labute approximate surface area is 405 Å². The Hall–Kier alpha value is -7.79. The Bertz CT molecular complexity index is 3410. The first-order chi connectivity index (χ1) is 34.2. The topological polar surface area (TPSA) is 55.4 Å². The average molecular weight is 951 g/mol. The molecule has 0 heterocycles. The van der Waals surface area contributed by atoms with Crippen molar-refractivity contribution in [3.8, 4) is 34.5 Å². The second kappa shape index (κ2) is 19.1. The molecule has 12 rings (SSSR count). The van der Waals surface area contributed by atoms with E-state index in [4.69, 9.17) is 27.1 Å². The Morgan fingerprint density at radius 1 is 0.203 bits per heavy atom. The normalized spacial score (nSPS) is 11.5. The van der Waals surface area contributed by atoms with E-state index in [-0.39, 0.29) is 0 Å². The molecule has 0 aromatic heterocycles. The standard InChI is InChI=1S/C60H40O6P2S/c1-7-27-47-41(17-1)23-13-33-53(47)61-67(62-54-34-14-24-42-18-2-8-28-48(42)54)65-57-39-37-45-21-5-11-31-51(45)59(57)69-60-52-32-12-6-22-46(52)38-40-58(60)66-68(63-55-35-15-25-43-19-3-9-29-49(43)55)64-56-36-16-26-44-20-4-10-30-50(44)56/h1-40H. The molecule has 12 aromatic rings. The summed E-state index contributed by atoms with van der Waals surface area (Å²) in [5.41, 5.74) is 0. The van der Waals surface area contributed by atoms with E-state index in [1.54, 1.807) is 11.8 Å².